The Kier molecular flexibility index (Phi) is 3.32. The molecule has 2 heteroatoms. The van der Waals surface area contributed by atoms with Crippen LogP contribution >= 0.6 is 0 Å². The van der Waals surface area contributed by atoms with Crippen LogP contribution in [0.25, 0.3) is 0 Å². The molecule has 0 aliphatic heterocycles. The number of aliphatic hydroxyl groups excluding tert-OH is 1. The highest BCUT2D eigenvalue weighted by molar-refractivity contribution is 5.36. The quantitative estimate of drug-likeness (QED) is 0.770. The molecule has 0 fully saturated rings. The summed E-state index contributed by atoms with van der Waals surface area (Å²) in [7, 11) is 1.66. The molecule has 1 aromatic carbocycles. The van der Waals surface area contributed by atoms with Crippen molar-refractivity contribution in [3.8, 4) is 5.75 Å². The Morgan fingerprint density at radius 2 is 2.15 bits per heavy atom. The zero-order valence-electron chi connectivity index (χ0n) is 8.37. The molecule has 0 heterocycles. The van der Waals surface area contributed by atoms with Gasteiger partial charge in [-0.05, 0) is 37.5 Å². The van der Waals surface area contributed by atoms with Crippen LogP contribution in [0.3, 0.4) is 0 Å². The van der Waals surface area contributed by atoms with Crippen LogP contribution in [-0.2, 0) is 6.42 Å². The van der Waals surface area contributed by atoms with Crippen LogP contribution in [0, 0.1) is 6.92 Å². The molecule has 0 saturated heterocycles. The molecule has 1 atom stereocenters. The minimum atomic E-state index is -0.284. The number of aryl methyl sites for hydroxylation is 1. The van der Waals surface area contributed by atoms with Crippen LogP contribution in [-0.4, -0.2) is 18.3 Å². The van der Waals surface area contributed by atoms with Crippen molar-refractivity contribution in [2.45, 2.75) is 26.4 Å². The Balaban J connectivity index is 2.83. The van der Waals surface area contributed by atoms with Gasteiger partial charge in [-0.2, -0.15) is 0 Å². The highest BCUT2D eigenvalue weighted by Gasteiger charge is 2.02. The molecule has 1 rings (SSSR count). The van der Waals surface area contributed by atoms with E-state index in [4.69, 9.17) is 4.74 Å². The Bertz CT molecular complexity index is 279. The number of aliphatic hydroxyl groups is 1. The van der Waals surface area contributed by atoms with E-state index in [1.54, 1.807) is 14.0 Å². The Hall–Kier alpha value is -1.02. The molecule has 72 valence electrons. The van der Waals surface area contributed by atoms with Gasteiger partial charge in [0.1, 0.15) is 5.75 Å². The normalized spacial score (nSPS) is 12.6. The lowest BCUT2D eigenvalue weighted by Crippen LogP contribution is -2.04. The number of hydrogen-bond donors (Lipinski definition) is 1. The van der Waals surface area contributed by atoms with Crippen LogP contribution in [0.1, 0.15) is 18.1 Å². The third kappa shape index (κ3) is 2.74. The number of ether oxygens (including phenoxy) is 1. The van der Waals surface area contributed by atoms with Gasteiger partial charge >= 0.3 is 0 Å². The summed E-state index contributed by atoms with van der Waals surface area (Å²) in [6.45, 7) is 3.80. The van der Waals surface area contributed by atoms with Gasteiger partial charge in [-0.15, -0.1) is 0 Å². The summed E-state index contributed by atoms with van der Waals surface area (Å²) in [5, 5.41) is 9.19. The Morgan fingerprint density at radius 1 is 1.46 bits per heavy atom. The largest absolute Gasteiger partial charge is 0.496 e. The van der Waals surface area contributed by atoms with Gasteiger partial charge in [0.05, 0.1) is 13.2 Å². The van der Waals surface area contributed by atoms with E-state index in [1.165, 1.54) is 0 Å². The maximum absolute atomic E-state index is 9.19. The van der Waals surface area contributed by atoms with E-state index in [2.05, 4.69) is 0 Å². The molecular formula is C11H16O2. The summed E-state index contributed by atoms with van der Waals surface area (Å²) >= 11 is 0. The van der Waals surface area contributed by atoms with Crippen molar-refractivity contribution in [3.05, 3.63) is 29.3 Å². The summed E-state index contributed by atoms with van der Waals surface area (Å²) < 4.78 is 5.14. The lowest BCUT2D eigenvalue weighted by Gasteiger charge is -2.08. The molecule has 1 aromatic rings. The number of benzene rings is 1. The van der Waals surface area contributed by atoms with Crippen molar-refractivity contribution in [2.75, 3.05) is 7.11 Å². The zero-order chi connectivity index (χ0) is 9.84. The first-order chi connectivity index (χ1) is 6.13. The van der Waals surface area contributed by atoms with Gasteiger partial charge in [0.2, 0.25) is 0 Å². The van der Waals surface area contributed by atoms with Crippen molar-refractivity contribution in [2.24, 2.45) is 0 Å². The highest BCUT2D eigenvalue weighted by Crippen LogP contribution is 2.19. The molecule has 2 nitrogen and oxygen atoms in total. The molecule has 0 aliphatic rings. The van der Waals surface area contributed by atoms with E-state index in [-0.39, 0.29) is 6.10 Å². The fraction of sp³-hybridized carbons (Fsp3) is 0.455. The van der Waals surface area contributed by atoms with Gasteiger partial charge in [-0.3, -0.25) is 0 Å². The van der Waals surface area contributed by atoms with Gasteiger partial charge in [0.25, 0.3) is 0 Å². The average molecular weight is 180 g/mol. The van der Waals surface area contributed by atoms with E-state index in [0.717, 1.165) is 16.9 Å². The lowest BCUT2D eigenvalue weighted by atomic mass is 10.1. The number of hydrogen-bond acceptors (Lipinski definition) is 2. The van der Waals surface area contributed by atoms with Gasteiger partial charge in [-0.25, -0.2) is 0 Å². The first-order valence-corrected chi connectivity index (χ1v) is 4.45. The summed E-state index contributed by atoms with van der Waals surface area (Å²) in [6, 6.07) is 5.97. The maximum atomic E-state index is 9.19. The minimum Gasteiger partial charge on any atom is -0.496 e. The summed E-state index contributed by atoms with van der Waals surface area (Å²) in [5.41, 5.74) is 2.26. The minimum absolute atomic E-state index is 0.284. The molecule has 0 radical (unpaired) electrons. The molecule has 0 bridgehead atoms. The van der Waals surface area contributed by atoms with Crippen molar-refractivity contribution in [1.29, 1.82) is 0 Å². The van der Waals surface area contributed by atoms with Gasteiger partial charge in [0, 0.05) is 0 Å². The van der Waals surface area contributed by atoms with Gasteiger partial charge in [-0.1, -0.05) is 12.1 Å². The summed E-state index contributed by atoms with van der Waals surface area (Å²) in [4.78, 5) is 0. The monoisotopic (exact) mass is 180 g/mol. The SMILES string of the molecule is COc1ccc(C[C@H](C)O)cc1C. The molecule has 0 saturated carbocycles. The fourth-order valence-electron chi connectivity index (χ4n) is 1.41. The average Bonchev–Trinajstić information content (AvgIpc) is 2.03. The fourth-order valence-corrected chi connectivity index (χ4v) is 1.41. The second-order valence-electron chi connectivity index (χ2n) is 3.36. The molecule has 0 spiro atoms. The zero-order valence-corrected chi connectivity index (χ0v) is 8.37. The van der Waals surface area contributed by atoms with Crippen molar-refractivity contribution in [3.63, 3.8) is 0 Å². The Morgan fingerprint density at radius 3 is 2.62 bits per heavy atom. The van der Waals surface area contributed by atoms with E-state index < -0.39 is 0 Å². The van der Waals surface area contributed by atoms with E-state index in [0.29, 0.717) is 6.42 Å². The molecular weight excluding hydrogens is 164 g/mol. The standard InChI is InChI=1S/C11H16O2/c1-8-6-10(7-9(2)12)4-5-11(8)13-3/h4-6,9,12H,7H2,1-3H3/t9-/m0/s1. The van der Waals surface area contributed by atoms with E-state index in [9.17, 15) is 5.11 Å². The van der Waals surface area contributed by atoms with Crippen molar-refractivity contribution < 1.29 is 9.84 Å². The maximum Gasteiger partial charge on any atom is 0.121 e. The van der Waals surface area contributed by atoms with Crippen LogP contribution in [0.2, 0.25) is 0 Å². The third-order valence-electron chi connectivity index (χ3n) is 1.99. The van der Waals surface area contributed by atoms with Crippen LogP contribution in [0.15, 0.2) is 18.2 Å². The predicted octanol–water partition coefficient (Wildman–Crippen LogP) is 1.93. The smallest absolute Gasteiger partial charge is 0.121 e. The topological polar surface area (TPSA) is 29.5 Å². The molecule has 0 amide bonds. The van der Waals surface area contributed by atoms with Crippen molar-refractivity contribution >= 4 is 0 Å². The summed E-state index contributed by atoms with van der Waals surface area (Å²) in [6.07, 6.45) is 0.415. The predicted molar refractivity (Wildman–Crippen MR) is 53.1 cm³/mol. The highest BCUT2D eigenvalue weighted by atomic mass is 16.5. The van der Waals surface area contributed by atoms with Crippen LogP contribution in [0.4, 0.5) is 0 Å². The summed E-state index contributed by atoms with van der Waals surface area (Å²) in [5.74, 6) is 0.898. The molecule has 0 aromatic heterocycles. The Labute approximate surface area is 79.2 Å². The molecule has 0 aliphatic carbocycles. The molecule has 13 heavy (non-hydrogen) atoms. The van der Waals surface area contributed by atoms with E-state index in [1.807, 2.05) is 25.1 Å². The first-order valence-electron chi connectivity index (χ1n) is 4.45. The van der Waals surface area contributed by atoms with Crippen LogP contribution in [0.5, 0.6) is 5.75 Å². The molecule has 0 unspecified atom stereocenters. The number of methoxy groups -OCH3 is 1. The third-order valence-corrected chi connectivity index (χ3v) is 1.99. The van der Waals surface area contributed by atoms with E-state index >= 15 is 0 Å². The van der Waals surface area contributed by atoms with Gasteiger partial charge < -0.3 is 9.84 Å². The second kappa shape index (κ2) is 4.28. The lowest BCUT2D eigenvalue weighted by molar-refractivity contribution is 0.195. The number of rotatable bonds is 3. The van der Waals surface area contributed by atoms with Crippen molar-refractivity contribution in [1.82, 2.24) is 0 Å². The molecule has 1 N–H and O–H groups in total. The first kappa shape index (κ1) is 10.1. The second-order valence-corrected chi connectivity index (χ2v) is 3.36. The van der Waals surface area contributed by atoms with Crippen LogP contribution < -0.4 is 4.74 Å². The van der Waals surface area contributed by atoms with Gasteiger partial charge in [0.15, 0.2) is 0 Å².